The summed E-state index contributed by atoms with van der Waals surface area (Å²) in [5, 5.41) is 10.4. The second kappa shape index (κ2) is 5.57. The van der Waals surface area contributed by atoms with Crippen LogP contribution < -0.4 is 4.74 Å². The van der Waals surface area contributed by atoms with Gasteiger partial charge in [-0.3, -0.25) is 9.59 Å². The molecule has 122 valence electrons. The number of amides is 1. The molecule has 1 aliphatic heterocycles. The zero-order valence-electron chi connectivity index (χ0n) is 13.6. The number of carbonyl (C=O) groups is 2. The van der Waals surface area contributed by atoms with Crippen molar-refractivity contribution in [3.8, 4) is 5.75 Å². The summed E-state index contributed by atoms with van der Waals surface area (Å²) < 4.78 is 5.63. The van der Waals surface area contributed by atoms with Gasteiger partial charge in [-0.05, 0) is 24.6 Å². The first-order valence-corrected chi connectivity index (χ1v) is 8.00. The second-order valence-corrected chi connectivity index (χ2v) is 6.72. The van der Waals surface area contributed by atoms with Crippen molar-refractivity contribution in [2.45, 2.75) is 39.7 Å². The SMILES string of the molecule is CCCCOc1ccc2c(c1)C(=O)C(O)C1C2=NC(=O)C1(C)C. The number of aliphatic hydroxyl groups excluding tert-OH is 1. The number of ether oxygens (including phenoxy) is 1. The number of benzene rings is 1. The molecule has 1 aromatic carbocycles. The first kappa shape index (κ1) is 15.9. The lowest BCUT2D eigenvalue weighted by Crippen LogP contribution is -2.46. The number of carbonyl (C=O) groups excluding carboxylic acids is 2. The molecule has 0 saturated carbocycles. The fourth-order valence-corrected chi connectivity index (χ4v) is 3.26. The van der Waals surface area contributed by atoms with Crippen molar-refractivity contribution in [3.63, 3.8) is 0 Å². The molecule has 1 heterocycles. The molecule has 1 aliphatic carbocycles. The maximum absolute atomic E-state index is 12.6. The summed E-state index contributed by atoms with van der Waals surface area (Å²) in [6.45, 7) is 6.11. The van der Waals surface area contributed by atoms with Crippen LogP contribution in [0.4, 0.5) is 0 Å². The molecule has 0 saturated heterocycles. The smallest absolute Gasteiger partial charge is 0.252 e. The topological polar surface area (TPSA) is 76.0 Å². The number of ketones is 1. The second-order valence-electron chi connectivity index (χ2n) is 6.72. The van der Waals surface area contributed by atoms with E-state index in [4.69, 9.17) is 4.74 Å². The average Bonchev–Trinajstić information content (AvgIpc) is 2.75. The van der Waals surface area contributed by atoms with Gasteiger partial charge < -0.3 is 9.84 Å². The molecule has 1 N–H and O–H groups in total. The Bertz CT molecular complexity index is 705. The van der Waals surface area contributed by atoms with Crippen LogP contribution in [0.2, 0.25) is 0 Å². The van der Waals surface area contributed by atoms with Gasteiger partial charge in [0.05, 0.1) is 17.7 Å². The molecule has 0 bridgehead atoms. The molecule has 1 amide bonds. The van der Waals surface area contributed by atoms with Gasteiger partial charge in [-0.15, -0.1) is 0 Å². The Hall–Kier alpha value is -2.01. The zero-order chi connectivity index (χ0) is 16.8. The Kier molecular flexibility index (Phi) is 3.84. The normalized spacial score (nSPS) is 25.0. The van der Waals surface area contributed by atoms with Crippen LogP contribution in [0.1, 0.15) is 49.5 Å². The largest absolute Gasteiger partial charge is 0.494 e. The number of aliphatic hydroxyl groups is 1. The summed E-state index contributed by atoms with van der Waals surface area (Å²) >= 11 is 0. The molecule has 2 unspecified atom stereocenters. The van der Waals surface area contributed by atoms with E-state index in [1.54, 1.807) is 32.0 Å². The minimum Gasteiger partial charge on any atom is -0.494 e. The zero-order valence-corrected chi connectivity index (χ0v) is 13.6. The summed E-state index contributed by atoms with van der Waals surface area (Å²) in [4.78, 5) is 28.8. The number of aliphatic imine (C=N–C) groups is 1. The lowest BCUT2D eigenvalue weighted by atomic mass is 9.68. The number of nitrogens with zero attached hydrogens (tertiary/aromatic N) is 1. The number of hydrogen-bond donors (Lipinski definition) is 1. The van der Waals surface area contributed by atoms with Gasteiger partial charge in [0.25, 0.3) is 5.91 Å². The summed E-state index contributed by atoms with van der Waals surface area (Å²) in [6.07, 6.45) is 0.720. The van der Waals surface area contributed by atoms with E-state index in [-0.39, 0.29) is 11.7 Å². The molecule has 23 heavy (non-hydrogen) atoms. The summed E-state index contributed by atoms with van der Waals surface area (Å²) in [5.41, 5.74) is 0.666. The van der Waals surface area contributed by atoms with Gasteiger partial charge in [-0.2, -0.15) is 0 Å². The predicted molar refractivity (Wildman–Crippen MR) is 86.0 cm³/mol. The highest BCUT2D eigenvalue weighted by Crippen LogP contribution is 2.44. The number of Topliss-reactive ketones (excluding diaryl/α,β-unsaturated/α-hetero) is 1. The highest BCUT2D eigenvalue weighted by molar-refractivity contribution is 6.25. The van der Waals surface area contributed by atoms with E-state index in [9.17, 15) is 14.7 Å². The third-order valence-corrected chi connectivity index (χ3v) is 4.73. The maximum Gasteiger partial charge on any atom is 0.252 e. The van der Waals surface area contributed by atoms with Gasteiger partial charge in [0.1, 0.15) is 11.9 Å². The van der Waals surface area contributed by atoms with E-state index in [2.05, 4.69) is 11.9 Å². The third-order valence-electron chi connectivity index (χ3n) is 4.73. The van der Waals surface area contributed by atoms with Gasteiger partial charge in [0.15, 0.2) is 5.78 Å². The van der Waals surface area contributed by atoms with Crippen LogP contribution in [0.15, 0.2) is 23.2 Å². The minimum atomic E-state index is -1.24. The fourth-order valence-electron chi connectivity index (χ4n) is 3.26. The van der Waals surface area contributed by atoms with E-state index in [1.807, 2.05) is 0 Å². The molecule has 2 atom stereocenters. The van der Waals surface area contributed by atoms with Crippen LogP contribution in [0, 0.1) is 11.3 Å². The Labute approximate surface area is 135 Å². The quantitative estimate of drug-likeness (QED) is 0.866. The molecule has 5 nitrogen and oxygen atoms in total. The molecule has 2 aliphatic rings. The maximum atomic E-state index is 12.6. The van der Waals surface area contributed by atoms with Crippen LogP contribution in [-0.2, 0) is 4.79 Å². The van der Waals surface area contributed by atoms with Crippen LogP contribution >= 0.6 is 0 Å². The highest BCUT2D eigenvalue weighted by Gasteiger charge is 2.54. The third kappa shape index (κ3) is 2.39. The molecule has 0 spiro atoms. The van der Waals surface area contributed by atoms with Gasteiger partial charge >= 0.3 is 0 Å². The van der Waals surface area contributed by atoms with Crippen molar-refractivity contribution >= 4 is 17.4 Å². The number of unbranched alkanes of at least 4 members (excludes halogenated alkanes) is 1. The van der Waals surface area contributed by atoms with Crippen LogP contribution in [0.25, 0.3) is 0 Å². The average molecular weight is 315 g/mol. The van der Waals surface area contributed by atoms with Crippen molar-refractivity contribution in [3.05, 3.63) is 29.3 Å². The molecular weight excluding hydrogens is 294 g/mol. The van der Waals surface area contributed by atoms with Crippen LogP contribution in [-0.4, -0.2) is 35.2 Å². The van der Waals surface area contributed by atoms with Crippen LogP contribution in [0.5, 0.6) is 5.75 Å². The number of rotatable bonds is 4. The molecule has 0 radical (unpaired) electrons. The van der Waals surface area contributed by atoms with E-state index in [0.717, 1.165) is 12.8 Å². The molecule has 5 heteroatoms. The van der Waals surface area contributed by atoms with E-state index in [1.165, 1.54) is 0 Å². The summed E-state index contributed by atoms with van der Waals surface area (Å²) in [7, 11) is 0. The molecule has 1 aromatic rings. The minimum absolute atomic E-state index is 0.291. The van der Waals surface area contributed by atoms with Gasteiger partial charge in [-0.25, -0.2) is 4.99 Å². The van der Waals surface area contributed by atoms with Crippen LogP contribution in [0.3, 0.4) is 0 Å². The standard InChI is InChI=1S/C18H21NO4/c1-4-5-8-23-10-6-7-11-12(9-10)15(20)16(21)13-14(11)19-17(22)18(13,2)3/h6-7,9,13,16,21H,4-5,8H2,1-3H3. The number of hydrogen-bond acceptors (Lipinski definition) is 4. The van der Waals surface area contributed by atoms with E-state index >= 15 is 0 Å². The van der Waals surface area contributed by atoms with Crippen molar-refractivity contribution in [2.75, 3.05) is 6.61 Å². The van der Waals surface area contributed by atoms with Crippen molar-refractivity contribution < 1.29 is 19.4 Å². The molecule has 0 aromatic heterocycles. The Morgan fingerprint density at radius 3 is 2.70 bits per heavy atom. The fraction of sp³-hybridized carbons (Fsp3) is 0.500. The molecule has 0 fully saturated rings. The van der Waals surface area contributed by atoms with Crippen molar-refractivity contribution in [1.82, 2.24) is 0 Å². The van der Waals surface area contributed by atoms with Crippen molar-refractivity contribution in [2.24, 2.45) is 16.3 Å². The Balaban J connectivity index is 2.01. The van der Waals surface area contributed by atoms with Gasteiger partial charge in [0, 0.05) is 17.0 Å². The lowest BCUT2D eigenvalue weighted by Gasteiger charge is -2.33. The number of fused-ring (bicyclic) bond motifs is 3. The van der Waals surface area contributed by atoms with Gasteiger partial charge in [-0.1, -0.05) is 27.2 Å². The van der Waals surface area contributed by atoms with E-state index in [0.29, 0.717) is 29.2 Å². The Morgan fingerprint density at radius 1 is 1.26 bits per heavy atom. The molecule has 3 rings (SSSR count). The predicted octanol–water partition coefficient (Wildman–Crippen LogP) is 2.39. The highest BCUT2D eigenvalue weighted by atomic mass is 16.5. The Morgan fingerprint density at radius 2 is 2.00 bits per heavy atom. The first-order chi connectivity index (χ1) is 10.9. The monoisotopic (exact) mass is 315 g/mol. The first-order valence-electron chi connectivity index (χ1n) is 8.00. The van der Waals surface area contributed by atoms with Crippen molar-refractivity contribution in [1.29, 1.82) is 0 Å². The molecular formula is C18H21NO4. The summed E-state index contributed by atoms with van der Waals surface area (Å²) in [5.74, 6) is -0.643. The van der Waals surface area contributed by atoms with E-state index < -0.39 is 17.4 Å². The summed E-state index contributed by atoms with van der Waals surface area (Å²) in [6, 6.07) is 5.20. The lowest BCUT2D eigenvalue weighted by molar-refractivity contribution is -0.126. The van der Waals surface area contributed by atoms with Gasteiger partial charge in [0.2, 0.25) is 0 Å².